The van der Waals surface area contributed by atoms with Crippen molar-refractivity contribution in [3.8, 4) is 55.9 Å². The van der Waals surface area contributed by atoms with Gasteiger partial charge in [-0.2, -0.15) is 0 Å². The molecule has 1 spiro atoms. The Labute approximate surface area is 381 Å². The van der Waals surface area contributed by atoms with E-state index in [1.165, 1.54) is 65.3 Å². The minimum atomic E-state index is -3.28. The van der Waals surface area contributed by atoms with Crippen molar-refractivity contribution in [2.75, 3.05) is 0 Å². The van der Waals surface area contributed by atoms with Crippen molar-refractivity contribution in [1.82, 2.24) is 9.97 Å². The van der Waals surface area contributed by atoms with Gasteiger partial charge in [-0.25, -0.2) is 0 Å². The number of nitrogens with zero attached hydrogens (tertiary/aromatic N) is 2. The predicted octanol–water partition coefficient (Wildman–Crippen LogP) is 14.0. The average Bonchev–Trinajstić information content (AvgIpc) is 3.87. The maximum absolute atomic E-state index is 5.03. The van der Waals surface area contributed by atoms with Crippen LogP contribution in [-0.2, 0) is 0 Å². The molecule has 0 saturated carbocycles. The number of benzene rings is 8. The van der Waals surface area contributed by atoms with Crippen LogP contribution in [0.4, 0.5) is 0 Å². The van der Waals surface area contributed by atoms with Crippen molar-refractivity contribution in [1.29, 1.82) is 0 Å². The highest BCUT2D eigenvalue weighted by molar-refractivity contribution is 7.31. The smallest absolute Gasteiger partial charge is 0.183 e. The van der Waals surface area contributed by atoms with Gasteiger partial charge in [-0.1, -0.05) is 231 Å². The van der Waals surface area contributed by atoms with E-state index < -0.39 is 8.07 Å². The molecule has 2 nitrogen and oxygen atoms in total. The van der Waals surface area contributed by atoms with E-state index in [-0.39, 0.29) is 0 Å². The summed E-state index contributed by atoms with van der Waals surface area (Å²) in [5, 5.41) is 5.60. The van der Waals surface area contributed by atoms with Crippen molar-refractivity contribution in [3.63, 3.8) is 0 Å². The van der Waals surface area contributed by atoms with Crippen LogP contribution in [0.15, 0.2) is 255 Å². The lowest BCUT2D eigenvalue weighted by Gasteiger charge is -2.34. The maximum atomic E-state index is 5.03. The highest BCUT2D eigenvalue weighted by atomic mass is 28.3. The van der Waals surface area contributed by atoms with E-state index in [0.717, 1.165) is 44.8 Å². The molecule has 2 aliphatic heterocycles. The van der Waals surface area contributed by atoms with E-state index in [2.05, 4.69) is 231 Å². The van der Waals surface area contributed by atoms with Crippen LogP contribution in [0, 0.1) is 0 Å². The van der Waals surface area contributed by atoms with Crippen molar-refractivity contribution in [3.05, 3.63) is 277 Å². The maximum Gasteiger partial charge on any atom is 0.183 e. The molecule has 0 unspecified atom stereocenters. The average molecular weight is 843 g/mol. The summed E-state index contributed by atoms with van der Waals surface area (Å²) in [5.74, 6) is 0. The number of rotatable bonds is 8. The largest absolute Gasteiger partial charge is 0.256 e. The molecule has 65 heavy (non-hydrogen) atoms. The van der Waals surface area contributed by atoms with Gasteiger partial charge in [0.25, 0.3) is 0 Å². The third kappa shape index (κ3) is 6.47. The lowest BCUT2D eigenvalue weighted by atomic mass is 9.89. The summed E-state index contributed by atoms with van der Waals surface area (Å²) in [4.78, 5) is 10.1. The Morgan fingerprint density at radius 3 is 0.877 bits per heavy atom. The van der Waals surface area contributed by atoms with Gasteiger partial charge in [0.05, 0.1) is 11.4 Å². The van der Waals surface area contributed by atoms with Crippen molar-refractivity contribution in [2.24, 2.45) is 0 Å². The summed E-state index contributed by atoms with van der Waals surface area (Å²) in [6.07, 6.45) is 4.10. The number of aromatic nitrogens is 2. The SMILES string of the molecule is c1ccc(C2=C(c3ccccc3)[Si]3(C(c4ccccc4)=C2c2ccccc2)c2cc(-c4ccc(-c5ccccc5)nc4)ccc2-c2ccc(-c4ccc(-c5ccccc5)nc4)cc23)cc1. The Morgan fingerprint density at radius 2 is 0.554 bits per heavy atom. The molecule has 0 amide bonds. The molecule has 304 valence electrons. The second kappa shape index (κ2) is 16.1. The van der Waals surface area contributed by atoms with E-state index in [9.17, 15) is 0 Å². The first-order valence-corrected chi connectivity index (χ1v) is 24.3. The van der Waals surface area contributed by atoms with E-state index in [4.69, 9.17) is 9.97 Å². The summed E-state index contributed by atoms with van der Waals surface area (Å²) in [6.45, 7) is 0. The van der Waals surface area contributed by atoms with E-state index in [1.54, 1.807) is 0 Å². The number of hydrogen-bond donors (Lipinski definition) is 0. The third-order valence-electron chi connectivity index (χ3n) is 13.2. The van der Waals surface area contributed by atoms with Crippen molar-refractivity contribution in [2.45, 2.75) is 0 Å². The van der Waals surface area contributed by atoms with Crippen LogP contribution in [0.1, 0.15) is 22.3 Å². The molecule has 0 fully saturated rings. The van der Waals surface area contributed by atoms with Crippen LogP contribution in [0.25, 0.3) is 77.4 Å². The number of fused-ring (bicyclic) bond motifs is 5. The van der Waals surface area contributed by atoms with Gasteiger partial charge in [-0.3, -0.25) is 9.97 Å². The zero-order valence-electron chi connectivity index (χ0n) is 35.6. The van der Waals surface area contributed by atoms with Crippen LogP contribution in [0.3, 0.4) is 0 Å². The molecule has 0 aliphatic carbocycles. The first-order chi connectivity index (χ1) is 32.3. The zero-order chi connectivity index (χ0) is 43.2. The Balaban J connectivity index is 1.19. The molecule has 0 saturated heterocycles. The van der Waals surface area contributed by atoms with Gasteiger partial charge < -0.3 is 0 Å². The molecule has 3 heteroatoms. The third-order valence-corrected chi connectivity index (χ3v) is 18.2. The van der Waals surface area contributed by atoms with Gasteiger partial charge in [0.2, 0.25) is 0 Å². The van der Waals surface area contributed by atoms with Gasteiger partial charge in [-0.05, 0) is 88.6 Å². The van der Waals surface area contributed by atoms with E-state index in [1.807, 2.05) is 24.5 Å². The Bertz CT molecular complexity index is 3170. The summed E-state index contributed by atoms with van der Waals surface area (Å²) in [7, 11) is -3.28. The van der Waals surface area contributed by atoms with Gasteiger partial charge >= 0.3 is 0 Å². The Hall–Kier alpha value is -8.24. The second-order valence-corrected chi connectivity index (χ2v) is 20.4. The molecule has 0 radical (unpaired) electrons. The van der Waals surface area contributed by atoms with Crippen LogP contribution < -0.4 is 10.4 Å². The predicted molar refractivity (Wildman–Crippen MR) is 274 cm³/mol. The van der Waals surface area contributed by atoms with Crippen LogP contribution in [-0.4, -0.2) is 18.0 Å². The lowest BCUT2D eigenvalue weighted by Crippen LogP contribution is -2.57. The standard InChI is InChI=1S/C62H42N2Si/c1-7-19-43(20-8-1)55-37-33-51(41-63-55)49-31-35-53-54-36-32-50(52-34-38-56(64-42-52)44-21-9-2-10-22-44)40-58(54)65(57(53)39-49)61(47-27-15-5-16-28-47)59(45-23-11-3-12-24-45)60(46-25-13-4-14-26-46)62(65)48-29-17-6-18-30-48/h1-42H. The molecule has 8 aromatic carbocycles. The second-order valence-electron chi connectivity index (χ2n) is 16.8. The molecule has 0 bridgehead atoms. The van der Waals surface area contributed by atoms with E-state index >= 15 is 0 Å². The van der Waals surface area contributed by atoms with E-state index in [0.29, 0.717) is 0 Å². The van der Waals surface area contributed by atoms with Gasteiger partial charge in [-0.15, -0.1) is 0 Å². The fourth-order valence-electron chi connectivity index (χ4n) is 10.4. The summed E-state index contributed by atoms with van der Waals surface area (Å²) in [6, 6.07) is 88.8. The van der Waals surface area contributed by atoms with Crippen molar-refractivity contribution >= 4 is 40.0 Å². The minimum Gasteiger partial charge on any atom is -0.256 e. The van der Waals surface area contributed by atoms with Gasteiger partial charge in [0, 0.05) is 34.6 Å². The van der Waals surface area contributed by atoms with Crippen molar-refractivity contribution < 1.29 is 0 Å². The van der Waals surface area contributed by atoms with Gasteiger partial charge in [0.15, 0.2) is 8.07 Å². The molecule has 0 N–H and O–H groups in total. The molecule has 12 rings (SSSR count). The quantitative estimate of drug-likeness (QED) is 0.142. The Morgan fingerprint density at radius 1 is 0.246 bits per heavy atom. The summed E-state index contributed by atoms with van der Waals surface area (Å²) in [5.41, 5.74) is 18.7. The molecule has 0 atom stereocenters. The minimum absolute atomic E-state index is 0.965. The monoisotopic (exact) mass is 842 g/mol. The first kappa shape index (κ1) is 38.4. The highest BCUT2D eigenvalue weighted by Crippen LogP contribution is 2.58. The number of hydrogen-bond acceptors (Lipinski definition) is 2. The molecule has 2 aromatic heterocycles. The van der Waals surface area contributed by atoms with Crippen LogP contribution in [0.5, 0.6) is 0 Å². The molecule has 4 heterocycles. The summed E-state index contributed by atoms with van der Waals surface area (Å²) >= 11 is 0. The summed E-state index contributed by atoms with van der Waals surface area (Å²) < 4.78 is 0. The molecular weight excluding hydrogens is 801 g/mol. The fraction of sp³-hybridized carbons (Fsp3) is 0. The number of allylic oxidation sites excluding steroid dienone is 2. The number of pyridine rings is 2. The fourth-order valence-corrected chi connectivity index (χ4v) is 16.5. The van der Waals surface area contributed by atoms with Crippen LogP contribution in [0.2, 0.25) is 0 Å². The molecular formula is C62H42N2Si. The van der Waals surface area contributed by atoms with Gasteiger partial charge in [0.1, 0.15) is 0 Å². The van der Waals surface area contributed by atoms with Crippen LogP contribution >= 0.6 is 0 Å². The normalized spacial score (nSPS) is 13.5. The lowest BCUT2D eigenvalue weighted by molar-refractivity contribution is 1.33. The first-order valence-electron chi connectivity index (χ1n) is 22.3. The highest BCUT2D eigenvalue weighted by Gasteiger charge is 2.57. The molecule has 2 aliphatic rings. The topological polar surface area (TPSA) is 25.8 Å². The zero-order valence-corrected chi connectivity index (χ0v) is 36.6. The molecule has 10 aromatic rings. The Kier molecular flexibility index (Phi) is 9.55.